The summed E-state index contributed by atoms with van der Waals surface area (Å²) < 4.78 is 1.18. The van der Waals surface area contributed by atoms with E-state index >= 15 is 0 Å². The molecule has 5 heteroatoms. The molecule has 116 valence electrons. The molecule has 1 aromatic rings. The molecule has 1 heterocycles. The first-order valence-electron chi connectivity index (χ1n) is 7.60. The topological polar surface area (TPSA) is 58.4 Å². The number of carbonyl (C=O) groups excluding carboxylic acids is 1. The normalized spacial score (nSPS) is 19.5. The van der Waals surface area contributed by atoms with Gasteiger partial charge in [-0.15, -0.1) is 0 Å². The molecule has 1 aromatic carbocycles. The van der Waals surface area contributed by atoms with Crippen LogP contribution in [0.3, 0.4) is 0 Å². The van der Waals surface area contributed by atoms with Gasteiger partial charge < -0.3 is 11.1 Å². The Hall–Kier alpha value is -0.660. The molecule has 0 aromatic heterocycles. The van der Waals surface area contributed by atoms with Gasteiger partial charge in [0.1, 0.15) is 0 Å². The highest BCUT2D eigenvalue weighted by Gasteiger charge is 2.23. The lowest BCUT2D eigenvalue weighted by Gasteiger charge is -2.35. The van der Waals surface area contributed by atoms with Gasteiger partial charge in [-0.3, -0.25) is 9.69 Å². The van der Waals surface area contributed by atoms with E-state index in [2.05, 4.69) is 38.9 Å². The number of hydrogen-bond acceptors (Lipinski definition) is 3. The van der Waals surface area contributed by atoms with Crippen molar-refractivity contribution >= 4 is 34.2 Å². The Kier molecular flexibility index (Phi) is 6.44. The van der Waals surface area contributed by atoms with Crippen LogP contribution >= 0.6 is 22.6 Å². The van der Waals surface area contributed by atoms with Crippen LogP contribution in [0.15, 0.2) is 18.2 Å². The van der Waals surface area contributed by atoms with Crippen LogP contribution in [-0.4, -0.2) is 36.5 Å². The average molecular weight is 401 g/mol. The van der Waals surface area contributed by atoms with Crippen molar-refractivity contribution in [3.05, 3.63) is 27.3 Å². The monoisotopic (exact) mass is 401 g/mol. The van der Waals surface area contributed by atoms with Gasteiger partial charge in [-0.1, -0.05) is 6.42 Å². The van der Waals surface area contributed by atoms with Crippen LogP contribution in [0.5, 0.6) is 0 Å². The number of halogens is 1. The highest BCUT2D eigenvalue weighted by Crippen LogP contribution is 2.20. The van der Waals surface area contributed by atoms with Crippen LogP contribution in [0.4, 0.5) is 5.69 Å². The van der Waals surface area contributed by atoms with Crippen molar-refractivity contribution in [2.75, 3.05) is 25.0 Å². The smallest absolute Gasteiger partial charge is 0.238 e. The van der Waals surface area contributed by atoms with E-state index in [1.165, 1.54) is 16.4 Å². The standard InChI is InChI=1S/C16H24IN3O/c1-12-10-13(17)5-6-15(12)19-16(21)11-20-9-3-2-4-14(20)7-8-18/h5-6,10,14H,2-4,7-9,11,18H2,1H3,(H,19,21). The second kappa shape index (κ2) is 8.10. The lowest BCUT2D eigenvalue weighted by molar-refractivity contribution is -0.118. The van der Waals surface area contributed by atoms with E-state index in [9.17, 15) is 4.79 Å². The molecule has 1 saturated heterocycles. The van der Waals surface area contributed by atoms with Gasteiger partial charge in [-0.2, -0.15) is 0 Å². The highest BCUT2D eigenvalue weighted by molar-refractivity contribution is 14.1. The zero-order valence-electron chi connectivity index (χ0n) is 12.6. The van der Waals surface area contributed by atoms with E-state index in [1.54, 1.807) is 0 Å². The molecule has 3 N–H and O–H groups in total. The number of nitrogens with one attached hydrogen (secondary N) is 1. The Balaban J connectivity index is 1.93. The minimum Gasteiger partial charge on any atom is -0.330 e. The summed E-state index contributed by atoms with van der Waals surface area (Å²) in [6, 6.07) is 6.53. The van der Waals surface area contributed by atoms with Gasteiger partial charge in [0.05, 0.1) is 6.54 Å². The fourth-order valence-corrected chi connectivity index (χ4v) is 3.58. The van der Waals surface area contributed by atoms with Gasteiger partial charge in [-0.05, 0) is 85.6 Å². The van der Waals surface area contributed by atoms with Gasteiger partial charge >= 0.3 is 0 Å². The van der Waals surface area contributed by atoms with Crippen molar-refractivity contribution in [2.45, 2.75) is 38.6 Å². The van der Waals surface area contributed by atoms with E-state index in [4.69, 9.17) is 5.73 Å². The molecule has 0 spiro atoms. The molecule has 0 saturated carbocycles. The fraction of sp³-hybridized carbons (Fsp3) is 0.562. The third-order valence-electron chi connectivity index (χ3n) is 4.06. The Morgan fingerprint density at radius 1 is 1.48 bits per heavy atom. The number of nitrogens with zero attached hydrogens (tertiary/aromatic N) is 1. The molecular weight excluding hydrogens is 377 g/mol. The molecule has 0 aliphatic carbocycles. The molecule has 0 radical (unpaired) electrons. The summed E-state index contributed by atoms with van der Waals surface area (Å²) in [6.07, 6.45) is 4.57. The van der Waals surface area contributed by atoms with Gasteiger partial charge in [0.25, 0.3) is 0 Å². The molecule has 1 aliphatic heterocycles. The highest BCUT2D eigenvalue weighted by atomic mass is 127. The van der Waals surface area contributed by atoms with Gasteiger partial charge in [0, 0.05) is 15.3 Å². The molecule has 1 aliphatic rings. The molecule has 1 atom stereocenters. The number of likely N-dealkylation sites (tertiary alicyclic amines) is 1. The summed E-state index contributed by atoms with van der Waals surface area (Å²) in [5.74, 6) is 0.0724. The number of hydrogen-bond donors (Lipinski definition) is 2. The number of aryl methyl sites for hydroxylation is 1. The molecule has 0 bridgehead atoms. The van der Waals surface area contributed by atoms with Crippen molar-refractivity contribution in [1.29, 1.82) is 0 Å². The maximum atomic E-state index is 12.3. The minimum absolute atomic E-state index is 0.0724. The molecule has 21 heavy (non-hydrogen) atoms. The van der Waals surface area contributed by atoms with E-state index in [-0.39, 0.29) is 5.91 Å². The second-order valence-electron chi connectivity index (χ2n) is 5.70. The average Bonchev–Trinajstić information content (AvgIpc) is 2.44. The molecule has 2 rings (SSSR count). The van der Waals surface area contributed by atoms with Gasteiger partial charge in [-0.25, -0.2) is 0 Å². The zero-order valence-corrected chi connectivity index (χ0v) is 14.7. The third-order valence-corrected chi connectivity index (χ3v) is 4.73. The predicted molar refractivity (Wildman–Crippen MR) is 95.4 cm³/mol. The summed E-state index contributed by atoms with van der Waals surface area (Å²) in [6.45, 7) is 4.19. The summed E-state index contributed by atoms with van der Waals surface area (Å²) in [4.78, 5) is 14.6. The van der Waals surface area contributed by atoms with E-state index in [1.807, 2.05) is 19.1 Å². The largest absolute Gasteiger partial charge is 0.330 e. The van der Waals surface area contributed by atoms with Crippen molar-refractivity contribution in [1.82, 2.24) is 4.90 Å². The van der Waals surface area contributed by atoms with Crippen molar-refractivity contribution in [2.24, 2.45) is 5.73 Å². The van der Waals surface area contributed by atoms with Crippen LogP contribution in [0.1, 0.15) is 31.2 Å². The summed E-state index contributed by atoms with van der Waals surface area (Å²) in [7, 11) is 0. The zero-order chi connectivity index (χ0) is 15.2. The number of piperidine rings is 1. The number of carbonyl (C=O) groups is 1. The van der Waals surface area contributed by atoms with Crippen molar-refractivity contribution < 1.29 is 4.79 Å². The summed E-state index contributed by atoms with van der Waals surface area (Å²) in [5, 5.41) is 3.03. The van der Waals surface area contributed by atoms with E-state index < -0.39 is 0 Å². The summed E-state index contributed by atoms with van der Waals surface area (Å²) >= 11 is 2.28. The number of benzene rings is 1. The molecular formula is C16H24IN3O. The van der Waals surface area contributed by atoms with Crippen LogP contribution in [0, 0.1) is 10.5 Å². The number of anilines is 1. The lowest BCUT2D eigenvalue weighted by atomic mass is 9.99. The SMILES string of the molecule is Cc1cc(I)ccc1NC(=O)CN1CCCCC1CCN. The number of amides is 1. The Labute approximate surface area is 140 Å². The quantitative estimate of drug-likeness (QED) is 0.747. The van der Waals surface area contributed by atoms with Crippen LogP contribution in [-0.2, 0) is 4.79 Å². The van der Waals surface area contributed by atoms with E-state index in [0.717, 1.165) is 30.6 Å². The van der Waals surface area contributed by atoms with Gasteiger partial charge in [0.2, 0.25) is 5.91 Å². The minimum atomic E-state index is 0.0724. The van der Waals surface area contributed by atoms with Crippen LogP contribution < -0.4 is 11.1 Å². The Morgan fingerprint density at radius 2 is 2.29 bits per heavy atom. The lowest BCUT2D eigenvalue weighted by Crippen LogP contribution is -2.44. The maximum absolute atomic E-state index is 12.3. The van der Waals surface area contributed by atoms with Crippen molar-refractivity contribution in [3.8, 4) is 0 Å². The Bertz CT molecular complexity index is 490. The molecule has 4 nitrogen and oxygen atoms in total. The Morgan fingerprint density at radius 3 is 3.00 bits per heavy atom. The summed E-state index contributed by atoms with van der Waals surface area (Å²) in [5.41, 5.74) is 7.70. The first kappa shape index (κ1) is 16.7. The van der Waals surface area contributed by atoms with Crippen LogP contribution in [0.2, 0.25) is 0 Å². The first-order valence-corrected chi connectivity index (χ1v) is 8.68. The third kappa shape index (κ3) is 4.93. The fourth-order valence-electron chi connectivity index (χ4n) is 2.93. The van der Waals surface area contributed by atoms with Gasteiger partial charge in [0.15, 0.2) is 0 Å². The number of nitrogens with two attached hydrogens (primary N) is 1. The molecule has 1 unspecified atom stereocenters. The van der Waals surface area contributed by atoms with E-state index in [0.29, 0.717) is 19.1 Å². The number of rotatable bonds is 5. The second-order valence-corrected chi connectivity index (χ2v) is 6.95. The predicted octanol–water partition coefficient (Wildman–Crippen LogP) is 2.74. The first-order chi connectivity index (χ1) is 10.1. The van der Waals surface area contributed by atoms with Crippen molar-refractivity contribution in [3.63, 3.8) is 0 Å². The molecule has 1 fully saturated rings. The van der Waals surface area contributed by atoms with Crippen LogP contribution in [0.25, 0.3) is 0 Å². The molecule has 1 amide bonds. The maximum Gasteiger partial charge on any atom is 0.238 e.